The molecule has 538 valence electrons. The van der Waals surface area contributed by atoms with E-state index in [0.717, 1.165) is 117 Å². The Hall–Kier alpha value is -14.3. The minimum absolute atomic E-state index is 0.177. The molecule has 0 radical (unpaired) electrons. The first-order valence-electron chi connectivity index (χ1n) is 39.4. The summed E-state index contributed by atoms with van der Waals surface area (Å²) < 4.78 is 0. The summed E-state index contributed by atoms with van der Waals surface area (Å²) in [6, 6.07) is 145. The number of nitrogens with zero attached hydrogens (tertiary/aromatic N) is 4. The summed E-state index contributed by atoms with van der Waals surface area (Å²) in [5.74, 6) is 1.36. The molecule has 16 aromatic carbocycles. The fourth-order valence-electron chi connectivity index (χ4n) is 17.4. The topological polar surface area (TPSA) is 51.6 Å². The van der Waals surface area contributed by atoms with Crippen LogP contribution in [0.1, 0.15) is 49.9 Å². The molecule has 0 saturated heterocycles. The van der Waals surface area contributed by atoms with Crippen molar-refractivity contribution in [2.75, 3.05) is 0 Å². The normalized spacial score (nSPS) is 12.7. The van der Waals surface area contributed by atoms with Gasteiger partial charge in [-0.25, -0.2) is 19.9 Å². The highest BCUT2D eigenvalue weighted by atomic mass is 14.9. The van der Waals surface area contributed by atoms with Crippen LogP contribution in [0.3, 0.4) is 0 Å². The summed E-state index contributed by atoms with van der Waals surface area (Å²) in [6.45, 7) is 9.48. The van der Waals surface area contributed by atoms with E-state index in [0.29, 0.717) is 11.6 Å². The number of hydrogen-bond acceptors (Lipinski definition) is 4. The van der Waals surface area contributed by atoms with E-state index < -0.39 is 0 Å². The Labute approximate surface area is 666 Å². The Bertz CT molecular complexity index is 6540. The van der Waals surface area contributed by atoms with Crippen LogP contribution in [0.15, 0.2) is 400 Å². The second-order valence-corrected chi connectivity index (χ2v) is 31.2. The van der Waals surface area contributed by atoms with E-state index in [2.05, 4.69) is 416 Å². The predicted molar refractivity (Wildman–Crippen MR) is 474 cm³/mol. The lowest BCUT2D eigenvalue weighted by Gasteiger charge is -2.23. The highest BCUT2D eigenvalue weighted by Gasteiger charge is 2.38. The minimum Gasteiger partial charge on any atom is -0.228 e. The molecule has 0 aliphatic heterocycles. The average Bonchev–Trinajstić information content (AvgIpc) is 1.56. The zero-order chi connectivity index (χ0) is 76.4. The Morgan fingerprint density at radius 3 is 0.693 bits per heavy atom. The van der Waals surface area contributed by atoms with Gasteiger partial charge < -0.3 is 0 Å². The van der Waals surface area contributed by atoms with Crippen LogP contribution >= 0.6 is 0 Å². The van der Waals surface area contributed by atoms with E-state index in [1.54, 1.807) is 0 Å². The first-order chi connectivity index (χ1) is 56.0. The molecule has 20 rings (SSSR count). The molecule has 114 heavy (non-hydrogen) atoms. The zero-order valence-corrected chi connectivity index (χ0v) is 63.9. The molecular weight excluding hydrogens is 1380 g/mol. The van der Waals surface area contributed by atoms with Crippen molar-refractivity contribution in [1.82, 2.24) is 19.9 Å². The maximum absolute atomic E-state index is 5.35. The van der Waals surface area contributed by atoms with Gasteiger partial charge in [0.25, 0.3) is 0 Å². The third-order valence-corrected chi connectivity index (χ3v) is 23.7. The Kier molecular flexibility index (Phi) is 17.2. The summed E-state index contributed by atoms with van der Waals surface area (Å²) in [4.78, 5) is 20.9. The van der Waals surface area contributed by atoms with Gasteiger partial charge in [-0.05, 0) is 187 Å². The highest BCUT2D eigenvalue weighted by molar-refractivity contribution is 5.97. The smallest absolute Gasteiger partial charge is 0.160 e. The van der Waals surface area contributed by atoms with Gasteiger partial charge in [-0.15, -0.1) is 0 Å². The number of aromatic nitrogens is 4. The van der Waals surface area contributed by atoms with Crippen LogP contribution in [0.4, 0.5) is 0 Å². The quantitative estimate of drug-likeness (QED) is 0.103. The summed E-state index contributed by atoms with van der Waals surface area (Å²) in [5, 5.41) is 0. The van der Waals surface area contributed by atoms with E-state index in [4.69, 9.17) is 19.9 Å². The number of benzene rings is 16. The highest BCUT2D eigenvalue weighted by Crippen LogP contribution is 2.55. The van der Waals surface area contributed by atoms with Crippen LogP contribution in [0.5, 0.6) is 0 Å². The third-order valence-electron chi connectivity index (χ3n) is 23.7. The van der Waals surface area contributed by atoms with Gasteiger partial charge in [-0.3, -0.25) is 0 Å². The summed E-state index contributed by atoms with van der Waals surface area (Å²) >= 11 is 0. The molecule has 0 fully saturated rings. The van der Waals surface area contributed by atoms with E-state index >= 15 is 0 Å². The van der Waals surface area contributed by atoms with Crippen molar-refractivity contribution < 1.29 is 0 Å². The van der Waals surface area contributed by atoms with Gasteiger partial charge >= 0.3 is 0 Å². The minimum atomic E-state index is -0.179. The standard InChI is InChI=1S/C110H78N4/c1-109(2)99-36-22-20-34-90(99)97-65-93(95(67-101(97)109)81-54-44-75(45-55-81)76-46-60-87(61-47-76)107-111-103(83-26-12-6-13-27-83)69-104(112-107)84-28-14-7-15-29-84)80-52-42-74(43-53-80)73-38-48-77(49-39-73)89-63-62-88(108-113-105(85-30-16-8-17-31-85)70-106(114-108)86-32-18-9-19-33-86)64-92(89)78-56-58-82(59-57-78)96-68-102-98(91-35-21-23-37-100(91)110(102,3)4)66-94(96)79-50-40-72(41-51-79)71-24-10-5-11-25-71/h5-70H,1-4H3. The molecular formula is C110H78N4. The second-order valence-electron chi connectivity index (χ2n) is 31.2. The molecule has 0 bridgehead atoms. The van der Waals surface area contributed by atoms with E-state index in [1.165, 1.54) is 83.5 Å². The van der Waals surface area contributed by atoms with E-state index in [-0.39, 0.29) is 10.8 Å². The summed E-state index contributed by atoms with van der Waals surface area (Å²) in [5.41, 5.74) is 40.6. The van der Waals surface area contributed by atoms with Crippen molar-refractivity contribution in [3.63, 3.8) is 0 Å². The second kappa shape index (κ2) is 28.5. The van der Waals surface area contributed by atoms with Crippen molar-refractivity contribution in [3.8, 4) is 190 Å². The molecule has 2 heterocycles. The number of fused-ring (bicyclic) bond motifs is 6. The maximum Gasteiger partial charge on any atom is 0.160 e. The molecule has 18 aromatic rings. The van der Waals surface area contributed by atoms with E-state index in [1.807, 2.05) is 12.1 Å². The van der Waals surface area contributed by atoms with E-state index in [9.17, 15) is 0 Å². The van der Waals surface area contributed by atoms with Gasteiger partial charge in [-0.2, -0.15) is 0 Å². The van der Waals surface area contributed by atoms with Crippen LogP contribution in [-0.4, -0.2) is 19.9 Å². The first-order valence-corrected chi connectivity index (χ1v) is 39.4. The Balaban J connectivity index is 0.646. The molecule has 4 nitrogen and oxygen atoms in total. The van der Waals surface area contributed by atoms with Gasteiger partial charge in [0.15, 0.2) is 11.6 Å². The lowest BCUT2D eigenvalue weighted by atomic mass is 9.80. The molecule has 2 aliphatic carbocycles. The molecule has 0 N–H and O–H groups in total. The van der Waals surface area contributed by atoms with Crippen molar-refractivity contribution in [3.05, 3.63) is 423 Å². The summed E-state index contributed by atoms with van der Waals surface area (Å²) in [6.07, 6.45) is 0. The third kappa shape index (κ3) is 12.6. The van der Waals surface area contributed by atoms with Crippen molar-refractivity contribution >= 4 is 0 Å². The molecule has 0 saturated carbocycles. The van der Waals surface area contributed by atoms with Crippen LogP contribution < -0.4 is 0 Å². The molecule has 2 aliphatic rings. The lowest BCUT2D eigenvalue weighted by molar-refractivity contribution is 0.660. The molecule has 2 aromatic heterocycles. The van der Waals surface area contributed by atoms with Gasteiger partial charge in [0.05, 0.1) is 22.8 Å². The molecule has 0 amide bonds. The zero-order valence-electron chi connectivity index (χ0n) is 63.9. The van der Waals surface area contributed by atoms with Gasteiger partial charge in [0, 0.05) is 44.2 Å². The first kappa shape index (κ1) is 68.9. The molecule has 0 atom stereocenters. The van der Waals surface area contributed by atoms with Crippen LogP contribution in [0.25, 0.3) is 190 Å². The maximum atomic E-state index is 5.35. The average molecular weight is 1460 g/mol. The fourth-order valence-corrected chi connectivity index (χ4v) is 17.4. The van der Waals surface area contributed by atoms with Crippen molar-refractivity contribution in [2.24, 2.45) is 0 Å². The monoisotopic (exact) mass is 1450 g/mol. The SMILES string of the molecule is CC1(C)c2ccccc2-c2cc(-c3ccc(-c4ccc(-c5ccc(-c6nc(-c7ccccc7)cc(-c7ccccc7)n6)cc5-c5ccc(-c6cc7c(cc6-c6ccc(-c8ccccc8)cc6)-c6ccccc6C7(C)C)cc5)cc4)cc3)c(-c3ccc(-c4ccc(-c5nc(-c6ccccc6)cc(-c6ccccc6)n5)cc4)cc3)cc21. The van der Waals surface area contributed by atoms with Crippen LogP contribution in [-0.2, 0) is 10.8 Å². The summed E-state index contributed by atoms with van der Waals surface area (Å²) in [7, 11) is 0. The molecule has 0 unspecified atom stereocenters. The molecule has 0 spiro atoms. The number of rotatable bonds is 15. The van der Waals surface area contributed by atoms with Crippen LogP contribution in [0.2, 0.25) is 0 Å². The lowest BCUT2D eigenvalue weighted by Crippen LogP contribution is -2.15. The van der Waals surface area contributed by atoms with Crippen LogP contribution in [0, 0.1) is 0 Å². The Morgan fingerprint density at radius 1 is 0.140 bits per heavy atom. The van der Waals surface area contributed by atoms with Crippen molar-refractivity contribution in [1.29, 1.82) is 0 Å². The van der Waals surface area contributed by atoms with Gasteiger partial charge in [0.2, 0.25) is 0 Å². The predicted octanol–water partition coefficient (Wildman–Crippen LogP) is 28.9. The fraction of sp³-hybridized carbons (Fsp3) is 0.0545. The van der Waals surface area contributed by atoms with Crippen molar-refractivity contribution in [2.45, 2.75) is 38.5 Å². The number of hydrogen-bond donors (Lipinski definition) is 0. The van der Waals surface area contributed by atoms with Gasteiger partial charge in [-0.1, -0.05) is 386 Å². The molecule has 4 heteroatoms. The largest absolute Gasteiger partial charge is 0.228 e. The van der Waals surface area contributed by atoms with Gasteiger partial charge in [0.1, 0.15) is 0 Å². The Morgan fingerprint density at radius 2 is 0.368 bits per heavy atom.